The monoisotopic (exact) mass is 392 g/mol. The van der Waals surface area contributed by atoms with Crippen LogP contribution in [-0.4, -0.2) is 36.1 Å². The zero-order chi connectivity index (χ0) is 20.5. The van der Waals surface area contributed by atoms with Gasteiger partial charge in [-0.25, -0.2) is 9.97 Å². The number of carbonyl (C=O) groups excluding carboxylic acids is 1. The van der Waals surface area contributed by atoms with E-state index in [9.17, 15) is 4.79 Å². The van der Waals surface area contributed by atoms with E-state index in [0.29, 0.717) is 30.5 Å². The van der Waals surface area contributed by atoms with Crippen LogP contribution in [0.15, 0.2) is 60.7 Å². The highest BCUT2D eigenvalue weighted by molar-refractivity contribution is 5.92. The summed E-state index contributed by atoms with van der Waals surface area (Å²) in [5, 5.41) is 5.96. The van der Waals surface area contributed by atoms with E-state index in [2.05, 4.69) is 20.6 Å². The molecule has 0 unspecified atom stereocenters. The fourth-order valence-corrected chi connectivity index (χ4v) is 2.61. The van der Waals surface area contributed by atoms with Gasteiger partial charge in [0.15, 0.2) is 0 Å². The van der Waals surface area contributed by atoms with E-state index in [-0.39, 0.29) is 5.91 Å². The third-order valence-electron chi connectivity index (χ3n) is 3.99. The quantitative estimate of drug-likeness (QED) is 0.534. The Morgan fingerprint density at radius 3 is 2.45 bits per heavy atom. The number of para-hydroxylation sites is 1. The predicted molar refractivity (Wildman–Crippen MR) is 112 cm³/mol. The van der Waals surface area contributed by atoms with Gasteiger partial charge >= 0.3 is 0 Å². The number of nitrogens with zero attached hydrogens (tertiary/aromatic N) is 2. The summed E-state index contributed by atoms with van der Waals surface area (Å²) in [4.78, 5) is 21.0. The van der Waals surface area contributed by atoms with E-state index in [1.165, 1.54) is 0 Å². The second-order valence-electron chi connectivity index (χ2n) is 6.38. The van der Waals surface area contributed by atoms with Crippen LogP contribution in [0.2, 0.25) is 0 Å². The lowest BCUT2D eigenvalue weighted by atomic mass is 10.3. The Hall–Kier alpha value is -3.45. The highest BCUT2D eigenvalue weighted by Crippen LogP contribution is 2.23. The third kappa shape index (κ3) is 6.29. The minimum atomic E-state index is -0.235. The summed E-state index contributed by atoms with van der Waals surface area (Å²) in [5.74, 6) is 1.63. The van der Waals surface area contributed by atoms with Gasteiger partial charge in [0.2, 0.25) is 5.95 Å². The highest BCUT2D eigenvalue weighted by Gasteiger charge is 2.10. The Bertz CT molecular complexity index is 931. The summed E-state index contributed by atoms with van der Waals surface area (Å²) < 4.78 is 10.8. The smallest absolute Gasteiger partial charge is 0.270 e. The largest absolute Gasteiger partial charge is 0.457 e. The van der Waals surface area contributed by atoms with Crippen LogP contribution in [0.25, 0.3) is 0 Å². The molecule has 7 nitrogen and oxygen atoms in total. The van der Waals surface area contributed by atoms with Crippen molar-refractivity contribution in [1.29, 1.82) is 0 Å². The summed E-state index contributed by atoms with van der Waals surface area (Å²) in [5.41, 5.74) is 1.82. The number of aromatic nitrogens is 2. The van der Waals surface area contributed by atoms with Gasteiger partial charge in [-0.3, -0.25) is 4.79 Å². The van der Waals surface area contributed by atoms with Crippen molar-refractivity contribution in [3.8, 4) is 11.5 Å². The molecular weight excluding hydrogens is 368 g/mol. The number of ether oxygens (including phenoxy) is 2. The van der Waals surface area contributed by atoms with Crippen LogP contribution < -0.4 is 15.4 Å². The molecule has 0 spiro atoms. The van der Waals surface area contributed by atoms with Crippen molar-refractivity contribution < 1.29 is 14.3 Å². The van der Waals surface area contributed by atoms with E-state index in [1.807, 2.05) is 61.5 Å². The number of hydrogen-bond acceptors (Lipinski definition) is 6. The first kappa shape index (κ1) is 20.3. The number of rotatable bonds is 9. The number of amides is 1. The number of carbonyl (C=O) groups is 1. The first-order valence-corrected chi connectivity index (χ1v) is 9.37. The molecule has 1 heterocycles. The van der Waals surface area contributed by atoms with E-state index >= 15 is 0 Å². The van der Waals surface area contributed by atoms with Gasteiger partial charge in [-0.05, 0) is 55.8 Å². The molecule has 0 bridgehead atoms. The van der Waals surface area contributed by atoms with Crippen LogP contribution >= 0.6 is 0 Å². The van der Waals surface area contributed by atoms with Crippen LogP contribution in [0.1, 0.15) is 22.6 Å². The molecule has 0 aliphatic heterocycles. The molecule has 0 fully saturated rings. The average Bonchev–Trinajstić information content (AvgIpc) is 2.73. The molecule has 3 rings (SSSR count). The van der Waals surface area contributed by atoms with Crippen LogP contribution in [0.3, 0.4) is 0 Å². The zero-order valence-corrected chi connectivity index (χ0v) is 16.5. The van der Waals surface area contributed by atoms with Crippen molar-refractivity contribution in [3.05, 3.63) is 72.1 Å². The molecule has 7 heteroatoms. The first-order chi connectivity index (χ1) is 14.1. The Kier molecular flexibility index (Phi) is 7.13. The van der Waals surface area contributed by atoms with Crippen molar-refractivity contribution in [2.45, 2.75) is 13.3 Å². The number of aryl methyl sites for hydroxylation is 1. The van der Waals surface area contributed by atoms with Crippen molar-refractivity contribution in [2.24, 2.45) is 0 Å². The highest BCUT2D eigenvalue weighted by atomic mass is 16.5. The maximum Gasteiger partial charge on any atom is 0.270 e. The van der Waals surface area contributed by atoms with E-state index in [0.717, 1.165) is 23.6 Å². The van der Waals surface area contributed by atoms with Gasteiger partial charge in [0.1, 0.15) is 17.2 Å². The second-order valence-corrected chi connectivity index (χ2v) is 6.38. The molecule has 29 heavy (non-hydrogen) atoms. The number of methoxy groups -OCH3 is 1. The standard InChI is InChI=1S/C22H24N4O3/c1-16-15-20(21(27)23-13-6-14-28-2)26-22(24-16)25-17-9-11-19(12-10-17)29-18-7-4-3-5-8-18/h3-5,7-12,15H,6,13-14H2,1-2H3,(H,23,27)(H,24,25,26). The van der Waals surface area contributed by atoms with Crippen LogP contribution in [0.5, 0.6) is 11.5 Å². The summed E-state index contributed by atoms with van der Waals surface area (Å²) in [6.07, 6.45) is 0.745. The van der Waals surface area contributed by atoms with E-state index in [1.54, 1.807) is 13.2 Å². The van der Waals surface area contributed by atoms with Gasteiger partial charge < -0.3 is 20.1 Å². The molecule has 0 aliphatic carbocycles. The maximum atomic E-state index is 12.3. The number of nitrogens with one attached hydrogen (secondary N) is 2. The average molecular weight is 392 g/mol. The molecule has 1 amide bonds. The van der Waals surface area contributed by atoms with Gasteiger partial charge in [0.05, 0.1) is 0 Å². The normalized spacial score (nSPS) is 10.4. The SMILES string of the molecule is COCCCNC(=O)c1cc(C)nc(Nc2ccc(Oc3ccccc3)cc2)n1. The zero-order valence-electron chi connectivity index (χ0n) is 16.5. The third-order valence-corrected chi connectivity index (χ3v) is 3.99. The predicted octanol–water partition coefficient (Wildman–Crippen LogP) is 4.09. The molecule has 1 aromatic heterocycles. The minimum absolute atomic E-state index is 0.235. The van der Waals surface area contributed by atoms with Crippen LogP contribution in [0.4, 0.5) is 11.6 Å². The summed E-state index contributed by atoms with van der Waals surface area (Å²) in [6, 6.07) is 18.7. The number of benzene rings is 2. The van der Waals surface area contributed by atoms with Crippen molar-refractivity contribution in [3.63, 3.8) is 0 Å². The summed E-state index contributed by atoms with van der Waals surface area (Å²) >= 11 is 0. The summed E-state index contributed by atoms with van der Waals surface area (Å²) in [7, 11) is 1.63. The van der Waals surface area contributed by atoms with Gasteiger partial charge in [-0.1, -0.05) is 18.2 Å². The van der Waals surface area contributed by atoms with Gasteiger partial charge in [0.25, 0.3) is 5.91 Å². The fourth-order valence-electron chi connectivity index (χ4n) is 2.61. The van der Waals surface area contributed by atoms with E-state index in [4.69, 9.17) is 9.47 Å². The molecule has 0 aliphatic rings. The lowest BCUT2D eigenvalue weighted by Gasteiger charge is -2.10. The molecule has 0 saturated carbocycles. The minimum Gasteiger partial charge on any atom is -0.457 e. The Balaban J connectivity index is 1.63. The molecule has 0 saturated heterocycles. The van der Waals surface area contributed by atoms with E-state index < -0.39 is 0 Å². The topological polar surface area (TPSA) is 85.4 Å². The Morgan fingerprint density at radius 1 is 1.00 bits per heavy atom. The molecule has 2 aromatic carbocycles. The van der Waals surface area contributed by atoms with Crippen LogP contribution in [-0.2, 0) is 4.74 Å². The van der Waals surface area contributed by atoms with Crippen molar-refractivity contribution in [2.75, 3.05) is 25.6 Å². The van der Waals surface area contributed by atoms with Crippen molar-refractivity contribution >= 4 is 17.5 Å². The summed E-state index contributed by atoms with van der Waals surface area (Å²) in [6.45, 7) is 2.95. The van der Waals surface area contributed by atoms with Gasteiger partial charge in [-0.2, -0.15) is 0 Å². The molecule has 2 N–H and O–H groups in total. The molecule has 0 radical (unpaired) electrons. The van der Waals surface area contributed by atoms with Gasteiger partial charge in [0, 0.05) is 31.6 Å². The lowest BCUT2D eigenvalue weighted by Crippen LogP contribution is -2.26. The van der Waals surface area contributed by atoms with Gasteiger partial charge in [-0.15, -0.1) is 0 Å². The Labute approximate surface area is 170 Å². The van der Waals surface area contributed by atoms with Crippen molar-refractivity contribution in [1.82, 2.24) is 15.3 Å². The number of anilines is 2. The second kappa shape index (κ2) is 10.2. The molecule has 0 atom stereocenters. The first-order valence-electron chi connectivity index (χ1n) is 9.37. The lowest BCUT2D eigenvalue weighted by molar-refractivity contribution is 0.0943. The fraction of sp³-hybridized carbons (Fsp3) is 0.227. The van der Waals surface area contributed by atoms with Crippen LogP contribution in [0, 0.1) is 6.92 Å². The molecule has 150 valence electrons. The molecule has 3 aromatic rings. The number of hydrogen-bond donors (Lipinski definition) is 2. The Morgan fingerprint density at radius 2 is 1.72 bits per heavy atom. The maximum absolute atomic E-state index is 12.3. The molecular formula is C22H24N4O3.